The number of nitrogens with one attached hydrogen (secondary N) is 2. The molecule has 0 unspecified atom stereocenters. The molecule has 5 aromatic rings. The Morgan fingerprint density at radius 3 is 2.59 bits per heavy atom. The number of aryl methyl sites for hydroxylation is 1. The fourth-order valence-corrected chi connectivity index (χ4v) is 6.77. The molecular weight excluding hydrogens is 520 g/mol. The SMILES string of the molecule is Cn1cc(-c2ccc3c(C(=O)NC4CC5(C4)CC(c4n[nH]c(=O)c6ccccc46)C5)nn(CC(C)(C)O)c3c2)nn1. The number of benzene rings is 2. The number of aliphatic hydroxyl groups is 1. The molecule has 3 aromatic heterocycles. The first-order valence-corrected chi connectivity index (χ1v) is 14.0. The number of carbonyl (C=O) groups is 1. The van der Waals surface area contributed by atoms with E-state index in [4.69, 9.17) is 0 Å². The van der Waals surface area contributed by atoms with Crippen molar-refractivity contribution in [3.63, 3.8) is 0 Å². The average Bonchev–Trinajstić information content (AvgIpc) is 3.48. The van der Waals surface area contributed by atoms with Crippen molar-refractivity contribution in [3.8, 4) is 11.3 Å². The number of fused-ring (bicyclic) bond motifs is 2. The summed E-state index contributed by atoms with van der Waals surface area (Å²) in [6.45, 7) is 3.68. The summed E-state index contributed by atoms with van der Waals surface area (Å²) in [5.74, 6) is 0.0964. The average molecular weight is 553 g/mol. The number of aromatic amines is 1. The maximum atomic E-state index is 13.5. The fraction of sp³-hybridized carbons (Fsp3) is 0.400. The number of amides is 1. The predicted molar refractivity (Wildman–Crippen MR) is 153 cm³/mol. The van der Waals surface area contributed by atoms with Gasteiger partial charge in [-0.25, -0.2) is 5.10 Å². The molecule has 3 N–H and O–H groups in total. The highest BCUT2D eigenvalue weighted by atomic mass is 16.3. The summed E-state index contributed by atoms with van der Waals surface area (Å²) < 4.78 is 3.34. The van der Waals surface area contributed by atoms with Gasteiger partial charge in [-0.3, -0.25) is 19.0 Å². The first-order chi connectivity index (χ1) is 19.6. The molecule has 41 heavy (non-hydrogen) atoms. The molecule has 2 aliphatic carbocycles. The predicted octanol–water partition coefficient (Wildman–Crippen LogP) is 3.30. The van der Waals surface area contributed by atoms with Crippen LogP contribution in [0.3, 0.4) is 0 Å². The largest absolute Gasteiger partial charge is 0.389 e. The van der Waals surface area contributed by atoms with E-state index in [-0.39, 0.29) is 29.5 Å². The van der Waals surface area contributed by atoms with Gasteiger partial charge >= 0.3 is 0 Å². The van der Waals surface area contributed by atoms with Crippen LogP contribution in [0, 0.1) is 5.41 Å². The van der Waals surface area contributed by atoms with Crippen molar-refractivity contribution in [2.75, 3.05) is 0 Å². The van der Waals surface area contributed by atoms with E-state index in [1.165, 1.54) is 0 Å². The molecule has 11 nitrogen and oxygen atoms in total. The molecule has 1 amide bonds. The smallest absolute Gasteiger partial charge is 0.272 e. The summed E-state index contributed by atoms with van der Waals surface area (Å²) in [7, 11) is 1.81. The van der Waals surface area contributed by atoms with E-state index in [2.05, 4.69) is 30.9 Å². The zero-order valence-corrected chi connectivity index (χ0v) is 23.3. The third kappa shape index (κ3) is 4.50. The van der Waals surface area contributed by atoms with Gasteiger partial charge in [0.25, 0.3) is 11.5 Å². The van der Waals surface area contributed by atoms with Crippen LogP contribution >= 0.6 is 0 Å². The molecule has 2 aliphatic rings. The molecule has 0 atom stereocenters. The van der Waals surface area contributed by atoms with Gasteiger partial charge in [-0.1, -0.05) is 29.5 Å². The molecule has 11 heteroatoms. The second-order valence-electron chi connectivity index (χ2n) is 12.5. The number of rotatable bonds is 6. The lowest BCUT2D eigenvalue weighted by Gasteiger charge is -2.57. The summed E-state index contributed by atoms with van der Waals surface area (Å²) in [4.78, 5) is 25.6. The minimum absolute atomic E-state index is 0.0806. The number of H-pyrrole nitrogens is 1. The number of nitrogens with zero attached hydrogens (tertiary/aromatic N) is 6. The van der Waals surface area contributed by atoms with E-state index in [0.717, 1.165) is 58.9 Å². The van der Waals surface area contributed by atoms with Crippen LogP contribution in [0.1, 0.15) is 61.6 Å². The lowest BCUT2D eigenvalue weighted by molar-refractivity contribution is -0.0197. The fourth-order valence-electron chi connectivity index (χ4n) is 6.77. The third-order valence-corrected chi connectivity index (χ3v) is 8.57. The Balaban J connectivity index is 1.07. The Morgan fingerprint density at radius 2 is 1.88 bits per heavy atom. The van der Waals surface area contributed by atoms with E-state index >= 15 is 0 Å². The zero-order valence-electron chi connectivity index (χ0n) is 23.3. The van der Waals surface area contributed by atoms with Crippen molar-refractivity contribution >= 4 is 27.6 Å². The minimum Gasteiger partial charge on any atom is -0.389 e. The number of aromatic nitrogens is 7. The first kappa shape index (κ1) is 25.6. The third-order valence-electron chi connectivity index (χ3n) is 8.57. The van der Waals surface area contributed by atoms with Crippen LogP contribution in [-0.2, 0) is 13.6 Å². The van der Waals surface area contributed by atoms with Gasteiger partial charge in [0.1, 0.15) is 5.69 Å². The van der Waals surface area contributed by atoms with Gasteiger partial charge in [-0.15, -0.1) is 5.10 Å². The lowest BCUT2D eigenvalue weighted by atomic mass is 9.49. The molecule has 7 rings (SSSR count). The molecule has 2 fully saturated rings. The summed E-state index contributed by atoms with van der Waals surface area (Å²) in [6, 6.07) is 13.5. The van der Waals surface area contributed by atoms with Crippen molar-refractivity contribution in [1.82, 2.24) is 40.3 Å². The molecule has 2 aromatic carbocycles. The molecule has 0 radical (unpaired) electrons. The van der Waals surface area contributed by atoms with Gasteiger partial charge in [-0.05, 0) is 63.1 Å². The molecule has 1 spiro atoms. The maximum Gasteiger partial charge on any atom is 0.272 e. The topological polar surface area (TPSA) is 144 Å². The van der Waals surface area contributed by atoms with Crippen molar-refractivity contribution in [2.45, 2.75) is 63.6 Å². The summed E-state index contributed by atoms with van der Waals surface area (Å²) >= 11 is 0. The lowest BCUT2D eigenvalue weighted by Crippen LogP contribution is -2.55. The normalized spacial score (nSPS) is 22.1. The Hall–Kier alpha value is -4.38. The second kappa shape index (κ2) is 9.07. The number of hydrogen-bond acceptors (Lipinski definition) is 7. The van der Waals surface area contributed by atoms with E-state index in [0.29, 0.717) is 17.0 Å². The van der Waals surface area contributed by atoms with Gasteiger partial charge in [0.2, 0.25) is 0 Å². The van der Waals surface area contributed by atoms with Crippen molar-refractivity contribution in [1.29, 1.82) is 0 Å². The monoisotopic (exact) mass is 552 g/mol. The van der Waals surface area contributed by atoms with Crippen LogP contribution in [-0.4, -0.2) is 57.6 Å². The highest BCUT2D eigenvalue weighted by molar-refractivity contribution is 6.05. The van der Waals surface area contributed by atoms with Crippen LogP contribution < -0.4 is 10.9 Å². The van der Waals surface area contributed by atoms with Crippen LogP contribution in [0.25, 0.3) is 32.9 Å². The van der Waals surface area contributed by atoms with E-state index in [1.807, 2.05) is 55.7 Å². The number of carbonyl (C=O) groups excluding carboxylic acids is 1. The van der Waals surface area contributed by atoms with Gasteiger partial charge < -0.3 is 10.4 Å². The zero-order chi connectivity index (χ0) is 28.5. The molecule has 0 aliphatic heterocycles. The Kier molecular flexibility index (Phi) is 5.66. The molecular formula is C30H32N8O3. The van der Waals surface area contributed by atoms with Gasteiger partial charge in [0.15, 0.2) is 5.69 Å². The van der Waals surface area contributed by atoms with Crippen LogP contribution in [0.5, 0.6) is 0 Å². The van der Waals surface area contributed by atoms with Gasteiger partial charge in [0.05, 0.1) is 34.9 Å². The van der Waals surface area contributed by atoms with Crippen LogP contribution in [0.2, 0.25) is 0 Å². The molecule has 0 saturated heterocycles. The summed E-state index contributed by atoms with van der Waals surface area (Å²) in [5, 5.41) is 36.0. The van der Waals surface area contributed by atoms with Crippen molar-refractivity contribution in [3.05, 3.63) is 70.4 Å². The summed E-state index contributed by atoms with van der Waals surface area (Å²) in [6.07, 6.45) is 5.65. The van der Waals surface area contributed by atoms with Gasteiger partial charge in [0, 0.05) is 35.3 Å². The molecule has 3 heterocycles. The van der Waals surface area contributed by atoms with Crippen molar-refractivity contribution in [2.24, 2.45) is 12.5 Å². The molecule has 210 valence electrons. The number of hydrogen-bond donors (Lipinski definition) is 3. The first-order valence-electron chi connectivity index (χ1n) is 14.0. The maximum absolute atomic E-state index is 13.5. The highest BCUT2D eigenvalue weighted by Crippen LogP contribution is 2.62. The van der Waals surface area contributed by atoms with E-state index < -0.39 is 5.60 Å². The molecule has 0 bridgehead atoms. The quantitative estimate of drug-likeness (QED) is 0.293. The Bertz CT molecular complexity index is 1860. The summed E-state index contributed by atoms with van der Waals surface area (Å²) in [5.41, 5.74) is 2.69. The minimum atomic E-state index is -1.01. The Labute approximate surface area is 235 Å². The van der Waals surface area contributed by atoms with E-state index in [1.54, 1.807) is 23.2 Å². The second-order valence-corrected chi connectivity index (χ2v) is 12.5. The standard InChI is InChI=1S/C30H32N8O3/c1-29(2,41)16-38-24-10-17(23-15-37(3)36-32-23)8-9-22(24)26(35-38)28(40)31-19-13-30(14-19)11-18(12-30)25-20-6-4-5-7-21(20)27(39)34-33-25/h4-10,15,18-19,41H,11-14,16H2,1-3H3,(H,31,40)(H,34,39). The van der Waals surface area contributed by atoms with Gasteiger partial charge in [-0.2, -0.15) is 10.2 Å². The van der Waals surface area contributed by atoms with Crippen molar-refractivity contribution < 1.29 is 9.90 Å². The highest BCUT2D eigenvalue weighted by Gasteiger charge is 2.54. The van der Waals surface area contributed by atoms with Crippen LogP contribution in [0.4, 0.5) is 0 Å². The van der Waals surface area contributed by atoms with E-state index in [9.17, 15) is 14.7 Å². The molecule has 2 saturated carbocycles. The van der Waals surface area contributed by atoms with Crippen LogP contribution in [0.15, 0.2) is 53.5 Å². The Morgan fingerprint density at radius 1 is 1.12 bits per heavy atom.